The first-order chi connectivity index (χ1) is 10.8. The molecule has 2 rings (SSSR count). The standard InChI is InChI=1S/C20H27NO2/c1-14-8-6-9-15(2)18(14)22-12-20(5,21)13-23-19-16(3)10-7-11-17(19)4/h6-11H,12-13,21H2,1-5H3. The summed E-state index contributed by atoms with van der Waals surface area (Å²) in [6, 6.07) is 12.2. The number of nitrogens with two attached hydrogens (primary N) is 1. The number of hydrogen-bond acceptors (Lipinski definition) is 3. The van der Waals surface area contributed by atoms with Crippen molar-refractivity contribution in [3.8, 4) is 11.5 Å². The maximum absolute atomic E-state index is 6.36. The topological polar surface area (TPSA) is 44.5 Å². The van der Waals surface area contributed by atoms with Crippen molar-refractivity contribution in [1.82, 2.24) is 0 Å². The van der Waals surface area contributed by atoms with E-state index in [0.29, 0.717) is 13.2 Å². The molecule has 3 nitrogen and oxygen atoms in total. The summed E-state index contributed by atoms with van der Waals surface area (Å²) in [5, 5.41) is 0. The summed E-state index contributed by atoms with van der Waals surface area (Å²) in [6.07, 6.45) is 0. The second kappa shape index (κ2) is 7.05. The number of benzene rings is 2. The zero-order chi connectivity index (χ0) is 17.0. The van der Waals surface area contributed by atoms with Gasteiger partial charge in [0.15, 0.2) is 0 Å². The lowest BCUT2D eigenvalue weighted by Gasteiger charge is -2.26. The normalized spacial score (nSPS) is 11.4. The van der Waals surface area contributed by atoms with E-state index in [1.165, 1.54) is 0 Å². The Morgan fingerprint density at radius 3 is 1.35 bits per heavy atom. The molecule has 0 spiro atoms. The van der Waals surface area contributed by atoms with Crippen LogP contribution in [0.1, 0.15) is 29.2 Å². The predicted octanol–water partition coefficient (Wildman–Crippen LogP) is 4.10. The lowest BCUT2D eigenvalue weighted by molar-refractivity contribution is 0.157. The van der Waals surface area contributed by atoms with Crippen LogP contribution in [0.5, 0.6) is 11.5 Å². The minimum absolute atomic E-state index is 0.406. The Labute approximate surface area is 139 Å². The molecule has 0 saturated carbocycles. The summed E-state index contributed by atoms with van der Waals surface area (Å²) in [6.45, 7) is 10.9. The maximum Gasteiger partial charge on any atom is 0.125 e. The molecule has 0 aromatic heterocycles. The van der Waals surface area contributed by atoms with Crippen LogP contribution in [0.15, 0.2) is 36.4 Å². The van der Waals surface area contributed by atoms with E-state index in [-0.39, 0.29) is 0 Å². The van der Waals surface area contributed by atoms with E-state index in [9.17, 15) is 0 Å². The molecule has 0 atom stereocenters. The molecule has 0 aliphatic heterocycles. The van der Waals surface area contributed by atoms with E-state index >= 15 is 0 Å². The maximum atomic E-state index is 6.36. The molecule has 0 heterocycles. The van der Waals surface area contributed by atoms with Crippen LogP contribution in [0.3, 0.4) is 0 Å². The van der Waals surface area contributed by atoms with E-state index in [0.717, 1.165) is 33.8 Å². The summed E-state index contributed by atoms with van der Waals surface area (Å²) in [4.78, 5) is 0. The first-order valence-corrected chi connectivity index (χ1v) is 7.97. The second-order valence-electron chi connectivity index (χ2n) is 6.67. The van der Waals surface area contributed by atoms with Gasteiger partial charge in [0.2, 0.25) is 0 Å². The minimum atomic E-state index is -0.566. The molecule has 0 saturated heterocycles. The SMILES string of the molecule is Cc1cccc(C)c1OCC(C)(N)COc1c(C)cccc1C. The zero-order valence-corrected chi connectivity index (χ0v) is 14.8. The molecule has 2 N–H and O–H groups in total. The van der Waals surface area contributed by atoms with Crippen LogP contribution in [-0.2, 0) is 0 Å². The minimum Gasteiger partial charge on any atom is -0.491 e. The number of rotatable bonds is 6. The van der Waals surface area contributed by atoms with Gasteiger partial charge in [-0.15, -0.1) is 0 Å². The van der Waals surface area contributed by atoms with Crippen LogP contribution in [-0.4, -0.2) is 18.8 Å². The van der Waals surface area contributed by atoms with Crippen molar-refractivity contribution in [3.05, 3.63) is 58.7 Å². The zero-order valence-electron chi connectivity index (χ0n) is 14.8. The average Bonchev–Trinajstić information content (AvgIpc) is 2.46. The van der Waals surface area contributed by atoms with Gasteiger partial charge in [-0.2, -0.15) is 0 Å². The molecule has 2 aromatic carbocycles. The van der Waals surface area contributed by atoms with Crippen molar-refractivity contribution < 1.29 is 9.47 Å². The summed E-state index contributed by atoms with van der Waals surface area (Å²) in [5.74, 6) is 1.83. The molecule has 0 aliphatic rings. The molecule has 0 bridgehead atoms. The van der Waals surface area contributed by atoms with Crippen LogP contribution >= 0.6 is 0 Å². The van der Waals surface area contributed by atoms with Gasteiger partial charge in [0.05, 0.1) is 5.54 Å². The molecule has 2 aromatic rings. The Kier molecular flexibility index (Phi) is 5.32. The Morgan fingerprint density at radius 2 is 1.04 bits per heavy atom. The molecule has 23 heavy (non-hydrogen) atoms. The van der Waals surface area contributed by atoms with E-state index in [2.05, 4.69) is 0 Å². The Balaban J connectivity index is 2.00. The lowest BCUT2D eigenvalue weighted by atomic mass is 10.1. The van der Waals surface area contributed by atoms with Gasteiger partial charge in [-0.25, -0.2) is 0 Å². The fourth-order valence-corrected chi connectivity index (χ4v) is 2.57. The summed E-state index contributed by atoms with van der Waals surface area (Å²) in [5.41, 5.74) is 10.3. The van der Waals surface area contributed by atoms with Gasteiger partial charge in [0.1, 0.15) is 24.7 Å². The highest BCUT2D eigenvalue weighted by Crippen LogP contribution is 2.25. The van der Waals surface area contributed by atoms with Gasteiger partial charge in [-0.05, 0) is 56.9 Å². The predicted molar refractivity (Wildman–Crippen MR) is 95.4 cm³/mol. The van der Waals surface area contributed by atoms with Crippen LogP contribution in [0, 0.1) is 27.7 Å². The molecular weight excluding hydrogens is 286 g/mol. The van der Waals surface area contributed by atoms with Gasteiger partial charge in [-0.3, -0.25) is 0 Å². The largest absolute Gasteiger partial charge is 0.491 e. The van der Waals surface area contributed by atoms with Crippen molar-refractivity contribution in [3.63, 3.8) is 0 Å². The first kappa shape index (κ1) is 17.4. The highest BCUT2D eigenvalue weighted by Gasteiger charge is 2.22. The third-order valence-corrected chi connectivity index (χ3v) is 3.91. The van der Waals surface area contributed by atoms with Gasteiger partial charge in [0, 0.05) is 0 Å². The van der Waals surface area contributed by atoms with Crippen LogP contribution in [0.4, 0.5) is 0 Å². The highest BCUT2D eigenvalue weighted by atomic mass is 16.5. The molecule has 0 amide bonds. The van der Waals surface area contributed by atoms with Crippen LogP contribution in [0.25, 0.3) is 0 Å². The fourth-order valence-electron chi connectivity index (χ4n) is 2.57. The third kappa shape index (κ3) is 4.49. The van der Waals surface area contributed by atoms with Crippen molar-refractivity contribution in [1.29, 1.82) is 0 Å². The van der Waals surface area contributed by atoms with Crippen LogP contribution in [0.2, 0.25) is 0 Å². The second-order valence-corrected chi connectivity index (χ2v) is 6.67. The van der Waals surface area contributed by atoms with Gasteiger partial charge in [0.25, 0.3) is 0 Å². The highest BCUT2D eigenvalue weighted by molar-refractivity contribution is 5.40. The van der Waals surface area contributed by atoms with Gasteiger partial charge in [-0.1, -0.05) is 36.4 Å². The van der Waals surface area contributed by atoms with Crippen molar-refractivity contribution in [2.75, 3.05) is 13.2 Å². The summed E-state index contributed by atoms with van der Waals surface area (Å²) >= 11 is 0. The number of hydrogen-bond donors (Lipinski definition) is 1. The molecule has 0 aliphatic carbocycles. The third-order valence-electron chi connectivity index (χ3n) is 3.91. The van der Waals surface area contributed by atoms with E-state index < -0.39 is 5.54 Å². The number of ether oxygens (including phenoxy) is 2. The molecule has 0 fully saturated rings. The smallest absolute Gasteiger partial charge is 0.125 e. The fraction of sp³-hybridized carbons (Fsp3) is 0.400. The molecular formula is C20H27NO2. The van der Waals surface area contributed by atoms with Gasteiger partial charge >= 0.3 is 0 Å². The van der Waals surface area contributed by atoms with E-state index in [1.54, 1.807) is 0 Å². The van der Waals surface area contributed by atoms with E-state index in [4.69, 9.17) is 15.2 Å². The van der Waals surface area contributed by atoms with Gasteiger partial charge < -0.3 is 15.2 Å². The first-order valence-electron chi connectivity index (χ1n) is 7.97. The summed E-state index contributed by atoms with van der Waals surface area (Å²) in [7, 11) is 0. The molecule has 0 radical (unpaired) electrons. The Bertz CT molecular complexity index is 579. The molecule has 0 unspecified atom stereocenters. The average molecular weight is 313 g/mol. The van der Waals surface area contributed by atoms with Crippen molar-refractivity contribution >= 4 is 0 Å². The van der Waals surface area contributed by atoms with Crippen molar-refractivity contribution in [2.45, 2.75) is 40.2 Å². The monoisotopic (exact) mass is 313 g/mol. The molecule has 3 heteroatoms. The summed E-state index contributed by atoms with van der Waals surface area (Å²) < 4.78 is 12.0. The Hall–Kier alpha value is -2.00. The van der Waals surface area contributed by atoms with Crippen molar-refractivity contribution in [2.24, 2.45) is 5.73 Å². The molecule has 124 valence electrons. The van der Waals surface area contributed by atoms with Crippen LogP contribution < -0.4 is 15.2 Å². The lowest BCUT2D eigenvalue weighted by Crippen LogP contribution is -2.48. The quantitative estimate of drug-likeness (QED) is 0.873. The van der Waals surface area contributed by atoms with E-state index in [1.807, 2.05) is 71.0 Å². The number of aryl methyl sites for hydroxylation is 4. The Morgan fingerprint density at radius 1 is 0.739 bits per heavy atom. The number of para-hydroxylation sites is 2.